The molecule has 0 amide bonds. The van der Waals surface area contributed by atoms with E-state index in [4.69, 9.17) is 16.7 Å². The number of hydrogen-bond acceptors (Lipinski definition) is 5. The van der Waals surface area contributed by atoms with Gasteiger partial charge in [-0.15, -0.1) is 0 Å². The van der Waals surface area contributed by atoms with Crippen LogP contribution >= 0.6 is 11.6 Å². The van der Waals surface area contributed by atoms with Crippen molar-refractivity contribution in [3.05, 3.63) is 17.0 Å². The fraction of sp³-hybridized carbons (Fsp3) is 0.500. The van der Waals surface area contributed by atoms with E-state index in [1.165, 1.54) is 6.33 Å². The van der Waals surface area contributed by atoms with Crippen molar-refractivity contribution >= 4 is 23.7 Å². The van der Waals surface area contributed by atoms with Gasteiger partial charge in [0.15, 0.2) is 6.29 Å². The number of hydrogen-bond donors (Lipinski definition) is 2. The van der Waals surface area contributed by atoms with Crippen molar-refractivity contribution in [1.82, 2.24) is 9.97 Å². The predicted octanol–water partition coefficient (Wildman–Crippen LogP) is 1.37. The Morgan fingerprint density at radius 2 is 2.25 bits per heavy atom. The average Bonchev–Trinajstić information content (AvgIpc) is 2.28. The molecule has 16 heavy (non-hydrogen) atoms. The third-order valence-electron chi connectivity index (χ3n) is 2.46. The highest BCUT2D eigenvalue weighted by Gasteiger charge is 2.15. The van der Waals surface area contributed by atoms with Gasteiger partial charge in [-0.05, 0) is 12.8 Å². The van der Waals surface area contributed by atoms with Crippen LogP contribution in [-0.2, 0) is 0 Å². The largest absolute Gasteiger partial charge is 0.396 e. The molecule has 6 heteroatoms. The summed E-state index contributed by atoms with van der Waals surface area (Å²) in [6.45, 7) is 3.84. The first kappa shape index (κ1) is 12.9. The van der Waals surface area contributed by atoms with Crippen LogP contribution in [0, 0.1) is 5.92 Å². The van der Waals surface area contributed by atoms with E-state index < -0.39 is 0 Å². The topological polar surface area (TPSA) is 75.1 Å². The highest BCUT2D eigenvalue weighted by Crippen LogP contribution is 2.19. The van der Waals surface area contributed by atoms with E-state index in [1.54, 1.807) is 0 Å². The van der Waals surface area contributed by atoms with Gasteiger partial charge in [0, 0.05) is 12.6 Å². The molecule has 0 aliphatic rings. The average molecular weight is 244 g/mol. The molecule has 0 aliphatic carbocycles. The lowest BCUT2D eigenvalue weighted by Gasteiger charge is -2.20. The molecule has 0 aromatic carbocycles. The first-order chi connectivity index (χ1) is 7.60. The Balaban J connectivity index is 2.88. The summed E-state index contributed by atoms with van der Waals surface area (Å²) in [6, 6.07) is -0.0188. The Morgan fingerprint density at radius 1 is 1.56 bits per heavy atom. The standard InChI is InChI=1S/C10H14ClN3O2/c1-6(3-15)7(2)14-10-8(4-16)9(11)12-5-13-10/h4-7,15H,3H2,1-2H3,(H,12,13,14). The van der Waals surface area contributed by atoms with E-state index in [0.29, 0.717) is 12.1 Å². The second-order valence-electron chi connectivity index (χ2n) is 3.64. The summed E-state index contributed by atoms with van der Waals surface area (Å²) in [4.78, 5) is 18.5. The first-order valence-electron chi connectivity index (χ1n) is 4.93. The number of nitrogens with one attached hydrogen (secondary N) is 1. The van der Waals surface area contributed by atoms with Gasteiger partial charge in [-0.3, -0.25) is 4.79 Å². The molecule has 88 valence electrons. The predicted molar refractivity (Wildman–Crippen MR) is 61.8 cm³/mol. The molecule has 2 N–H and O–H groups in total. The maximum atomic E-state index is 10.8. The van der Waals surface area contributed by atoms with E-state index in [0.717, 1.165) is 0 Å². The van der Waals surface area contributed by atoms with Crippen LogP contribution in [0.2, 0.25) is 5.15 Å². The van der Waals surface area contributed by atoms with Crippen molar-refractivity contribution < 1.29 is 9.90 Å². The molecule has 1 aromatic rings. The van der Waals surface area contributed by atoms with E-state index >= 15 is 0 Å². The number of nitrogens with zero attached hydrogens (tertiary/aromatic N) is 2. The van der Waals surface area contributed by atoms with Crippen molar-refractivity contribution in [3.8, 4) is 0 Å². The van der Waals surface area contributed by atoms with Gasteiger partial charge in [0.2, 0.25) is 0 Å². The number of aliphatic hydroxyl groups excluding tert-OH is 1. The maximum Gasteiger partial charge on any atom is 0.156 e. The van der Waals surface area contributed by atoms with Gasteiger partial charge in [-0.25, -0.2) is 9.97 Å². The van der Waals surface area contributed by atoms with Crippen LogP contribution in [0.15, 0.2) is 6.33 Å². The molecule has 5 nitrogen and oxygen atoms in total. The first-order valence-corrected chi connectivity index (χ1v) is 5.31. The minimum atomic E-state index is -0.0188. The normalized spacial score (nSPS) is 14.2. The molecule has 1 heterocycles. The fourth-order valence-corrected chi connectivity index (χ4v) is 1.29. The summed E-state index contributed by atoms with van der Waals surface area (Å²) in [5, 5.41) is 12.1. The van der Waals surface area contributed by atoms with Crippen molar-refractivity contribution in [1.29, 1.82) is 0 Å². The summed E-state index contributed by atoms with van der Waals surface area (Å²) in [6.07, 6.45) is 1.90. The van der Waals surface area contributed by atoms with Crippen LogP contribution in [-0.4, -0.2) is 34.0 Å². The molecule has 0 spiro atoms. The van der Waals surface area contributed by atoms with Crippen LogP contribution in [0.25, 0.3) is 0 Å². The number of aliphatic hydroxyl groups is 1. The lowest BCUT2D eigenvalue weighted by molar-refractivity contribution is 0.112. The summed E-state index contributed by atoms with van der Waals surface area (Å²) in [5.41, 5.74) is 0.237. The SMILES string of the molecule is CC(CO)C(C)Nc1ncnc(Cl)c1C=O. The Bertz CT molecular complexity index is 373. The van der Waals surface area contributed by atoms with Crippen molar-refractivity contribution in [2.24, 2.45) is 5.92 Å². The number of carbonyl (C=O) groups excluding carboxylic acids is 1. The van der Waals surface area contributed by atoms with Gasteiger partial charge in [0.25, 0.3) is 0 Å². The van der Waals surface area contributed by atoms with E-state index in [9.17, 15) is 4.79 Å². The number of aldehydes is 1. The van der Waals surface area contributed by atoms with Gasteiger partial charge in [0.1, 0.15) is 17.3 Å². The van der Waals surface area contributed by atoms with Crippen LogP contribution in [0.5, 0.6) is 0 Å². The monoisotopic (exact) mass is 243 g/mol. The summed E-state index contributed by atoms with van der Waals surface area (Å²) in [5.74, 6) is 0.441. The number of halogens is 1. The molecule has 0 saturated heterocycles. The quantitative estimate of drug-likeness (QED) is 0.604. The second-order valence-corrected chi connectivity index (χ2v) is 4.00. The molecule has 1 aromatic heterocycles. The molecule has 0 saturated carbocycles. The molecule has 2 unspecified atom stereocenters. The fourth-order valence-electron chi connectivity index (χ4n) is 1.11. The van der Waals surface area contributed by atoms with E-state index in [1.807, 2.05) is 13.8 Å². The Hall–Kier alpha value is -1.20. The summed E-state index contributed by atoms with van der Waals surface area (Å²) in [7, 11) is 0. The number of rotatable bonds is 5. The smallest absolute Gasteiger partial charge is 0.156 e. The third kappa shape index (κ3) is 2.90. The summed E-state index contributed by atoms with van der Waals surface area (Å²) < 4.78 is 0. The lowest BCUT2D eigenvalue weighted by Crippen LogP contribution is -2.27. The molecule has 0 radical (unpaired) electrons. The van der Waals surface area contributed by atoms with Gasteiger partial charge >= 0.3 is 0 Å². The number of anilines is 1. The van der Waals surface area contributed by atoms with Crippen molar-refractivity contribution in [2.45, 2.75) is 19.9 Å². The van der Waals surface area contributed by atoms with Crippen LogP contribution in [0.3, 0.4) is 0 Å². The molecular formula is C10H14ClN3O2. The minimum Gasteiger partial charge on any atom is -0.396 e. The maximum absolute atomic E-state index is 10.8. The highest BCUT2D eigenvalue weighted by atomic mass is 35.5. The molecule has 2 atom stereocenters. The third-order valence-corrected chi connectivity index (χ3v) is 2.76. The number of carbonyl (C=O) groups is 1. The minimum absolute atomic E-state index is 0.0188. The Labute approximate surface area is 98.9 Å². The lowest BCUT2D eigenvalue weighted by atomic mass is 10.1. The Kier molecular flexibility index (Phi) is 4.64. The zero-order valence-corrected chi connectivity index (χ0v) is 9.90. The molecule has 0 fully saturated rings. The van der Waals surface area contributed by atoms with Gasteiger partial charge in [-0.2, -0.15) is 0 Å². The zero-order chi connectivity index (χ0) is 12.1. The van der Waals surface area contributed by atoms with Crippen molar-refractivity contribution in [2.75, 3.05) is 11.9 Å². The van der Waals surface area contributed by atoms with Crippen LogP contribution in [0.1, 0.15) is 24.2 Å². The van der Waals surface area contributed by atoms with Crippen LogP contribution < -0.4 is 5.32 Å². The zero-order valence-electron chi connectivity index (χ0n) is 9.14. The molecular weight excluding hydrogens is 230 g/mol. The van der Waals surface area contributed by atoms with Crippen LogP contribution in [0.4, 0.5) is 5.82 Å². The van der Waals surface area contributed by atoms with Gasteiger partial charge < -0.3 is 10.4 Å². The van der Waals surface area contributed by atoms with Gasteiger partial charge in [0.05, 0.1) is 5.56 Å². The Morgan fingerprint density at radius 3 is 2.81 bits per heavy atom. The highest BCUT2D eigenvalue weighted by molar-refractivity contribution is 6.32. The van der Waals surface area contributed by atoms with E-state index in [-0.39, 0.29) is 29.3 Å². The number of aromatic nitrogens is 2. The van der Waals surface area contributed by atoms with Gasteiger partial charge in [-0.1, -0.05) is 18.5 Å². The van der Waals surface area contributed by atoms with Crippen molar-refractivity contribution in [3.63, 3.8) is 0 Å². The molecule has 1 rings (SSSR count). The molecule has 0 bridgehead atoms. The van der Waals surface area contributed by atoms with E-state index in [2.05, 4.69) is 15.3 Å². The molecule has 0 aliphatic heterocycles. The second kappa shape index (κ2) is 5.77. The summed E-state index contributed by atoms with van der Waals surface area (Å²) >= 11 is 5.75.